The Bertz CT molecular complexity index is 811. The molecule has 22 heavy (non-hydrogen) atoms. The lowest BCUT2D eigenvalue weighted by Crippen LogP contribution is -2.28. The summed E-state index contributed by atoms with van der Waals surface area (Å²) < 4.78 is 0. The molecular weight excluding hydrogens is 270 g/mol. The van der Waals surface area contributed by atoms with Crippen molar-refractivity contribution in [2.24, 2.45) is 0 Å². The van der Waals surface area contributed by atoms with Crippen molar-refractivity contribution in [1.29, 1.82) is 0 Å². The van der Waals surface area contributed by atoms with Crippen LogP contribution < -0.4 is 4.90 Å². The average molecular weight is 285 g/mol. The summed E-state index contributed by atoms with van der Waals surface area (Å²) in [6.45, 7) is 0. The summed E-state index contributed by atoms with van der Waals surface area (Å²) in [7, 11) is 0. The molecule has 1 amide bonds. The summed E-state index contributed by atoms with van der Waals surface area (Å²) in [5, 5.41) is 0. The fourth-order valence-corrected chi connectivity index (χ4v) is 3.14. The van der Waals surface area contributed by atoms with Gasteiger partial charge < -0.3 is 0 Å². The summed E-state index contributed by atoms with van der Waals surface area (Å²) in [5.74, 6) is 0.0654. The maximum Gasteiger partial charge on any atom is 0.259 e. The number of carbonyl (C=O) groups excluding carboxylic acids is 1. The van der Waals surface area contributed by atoms with Gasteiger partial charge in [-0.15, -0.1) is 0 Å². The summed E-state index contributed by atoms with van der Waals surface area (Å²) in [6.07, 6.45) is 0. The van der Waals surface area contributed by atoms with Crippen LogP contribution in [0, 0.1) is 0 Å². The molecule has 1 atom stereocenters. The van der Waals surface area contributed by atoms with Crippen LogP contribution in [0.25, 0.3) is 0 Å². The molecule has 0 unspecified atom stereocenters. The van der Waals surface area contributed by atoms with Gasteiger partial charge in [-0.05, 0) is 29.3 Å². The molecule has 0 aliphatic carbocycles. The molecule has 0 N–H and O–H groups in total. The topological polar surface area (TPSA) is 20.3 Å². The van der Waals surface area contributed by atoms with E-state index in [2.05, 4.69) is 12.1 Å². The predicted octanol–water partition coefficient (Wildman–Crippen LogP) is 4.44. The van der Waals surface area contributed by atoms with Gasteiger partial charge in [0.15, 0.2) is 0 Å². The molecule has 0 saturated heterocycles. The molecule has 3 aromatic carbocycles. The lowest BCUT2D eigenvalue weighted by Gasteiger charge is -2.26. The van der Waals surface area contributed by atoms with E-state index in [1.165, 1.54) is 0 Å². The first-order valence-corrected chi connectivity index (χ1v) is 7.39. The Hall–Kier alpha value is -2.87. The van der Waals surface area contributed by atoms with E-state index in [9.17, 15) is 4.79 Å². The maximum atomic E-state index is 12.9. The van der Waals surface area contributed by atoms with Gasteiger partial charge in [-0.2, -0.15) is 0 Å². The van der Waals surface area contributed by atoms with Crippen LogP contribution in [-0.4, -0.2) is 5.91 Å². The number of para-hydroxylation sites is 1. The van der Waals surface area contributed by atoms with Crippen molar-refractivity contribution in [3.05, 3.63) is 102 Å². The lowest BCUT2D eigenvalue weighted by molar-refractivity contribution is 0.0993. The van der Waals surface area contributed by atoms with E-state index in [4.69, 9.17) is 0 Å². The van der Waals surface area contributed by atoms with Gasteiger partial charge in [0.05, 0.1) is 6.04 Å². The molecule has 0 saturated carbocycles. The average Bonchev–Trinajstić information content (AvgIpc) is 2.90. The smallest absolute Gasteiger partial charge is 0.259 e. The number of hydrogen-bond acceptors (Lipinski definition) is 1. The second kappa shape index (κ2) is 5.15. The van der Waals surface area contributed by atoms with Gasteiger partial charge in [-0.25, -0.2) is 0 Å². The van der Waals surface area contributed by atoms with Crippen molar-refractivity contribution in [1.82, 2.24) is 0 Å². The third-order valence-corrected chi connectivity index (χ3v) is 4.11. The molecule has 2 heteroatoms. The second-order valence-corrected chi connectivity index (χ2v) is 5.41. The van der Waals surface area contributed by atoms with Crippen LogP contribution in [0.1, 0.15) is 27.5 Å². The zero-order valence-corrected chi connectivity index (χ0v) is 12.0. The Labute approximate surface area is 129 Å². The zero-order valence-electron chi connectivity index (χ0n) is 12.0. The van der Waals surface area contributed by atoms with Gasteiger partial charge in [-0.3, -0.25) is 9.69 Å². The fourth-order valence-electron chi connectivity index (χ4n) is 3.14. The molecule has 1 aliphatic heterocycles. The van der Waals surface area contributed by atoms with Gasteiger partial charge in [0, 0.05) is 11.3 Å². The van der Waals surface area contributed by atoms with Crippen molar-refractivity contribution in [2.45, 2.75) is 6.04 Å². The molecule has 106 valence electrons. The van der Waals surface area contributed by atoms with Gasteiger partial charge in [0.1, 0.15) is 0 Å². The number of amides is 1. The summed E-state index contributed by atoms with van der Waals surface area (Å²) >= 11 is 0. The van der Waals surface area contributed by atoms with Gasteiger partial charge in [0.2, 0.25) is 0 Å². The molecule has 0 spiro atoms. The Kier molecular flexibility index (Phi) is 3.01. The van der Waals surface area contributed by atoms with Crippen molar-refractivity contribution in [3.8, 4) is 0 Å². The molecule has 0 fully saturated rings. The first kappa shape index (κ1) is 12.8. The van der Waals surface area contributed by atoms with Gasteiger partial charge in [0.25, 0.3) is 5.91 Å². The molecule has 0 aromatic heterocycles. The molecule has 0 radical (unpaired) electrons. The highest BCUT2D eigenvalue weighted by Crippen LogP contribution is 2.41. The van der Waals surface area contributed by atoms with Gasteiger partial charge in [-0.1, -0.05) is 66.7 Å². The lowest BCUT2D eigenvalue weighted by atomic mass is 9.98. The largest absolute Gasteiger partial charge is 0.297 e. The first-order valence-electron chi connectivity index (χ1n) is 7.39. The van der Waals surface area contributed by atoms with E-state index in [0.29, 0.717) is 0 Å². The van der Waals surface area contributed by atoms with E-state index in [1.54, 1.807) is 0 Å². The molecule has 1 aliphatic rings. The standard InChI is InChI=1S/C20H15NO/c22-20-18-14-8-7-13-17(18)19(15-9-3-1-4-10-15)21(20)16-11-5-2-6-12-16/h1-14,19H/t19-/m1/s1. The third kappa shape index (κ3) is 1.92. The molecule has 1 heterocycles. The van der Waals surface area contributed by atoms with Crippen LogP contribution in [0.2, 0.25) is 0 Å². The van der Waals surface area contributed by atoms with Crippen molar-refractivity contribution in [3.63, 3.8) is 0 Å². The monoisotopic (exact) mass is 285 g/mol. The highest BCUT2D eigenvalue weighted by molar-refractivity contribution is 6.11. The minimum Gasteiger partial charge on any atom is -0.297 e. The van der Waals surface area contributed by atoms with Crippen LogP contribution in [0.15, 0.2) is 84.9 Å². The third-order valence-electron chi connectivity index (χ3n) is 4.11. The summed E-state index contributed by atoms with van der Waals surface area (Å²) in [4.78, 5) is 14.8. The number of fused-ring (bicyclic) bond motifs is 1. The minimum atomic E-state index is -0.0627. The van der Waals surface area contributed by atoms with E-state index in [1.807, 2.05) is 77.7 Å². The van der Waals surface area contributed by atoms with E-state index >= 15 is 0 Å². The number of benzene rings is 3. The molecule has 2 nitrogen and oxygen atoms in total. The zero-order chi connectivity index (χ0) is 14.9. The number of rotatable bonds is 2. The maximum absolute atomic E-state index is 12.9. The predicted molar refractivity (Wildman–Crippen MR) is 88.0 cm³/mol. The van der Waals surface area contributed by atoms with Crippen LogP contribution in [0.4, 0.5) is 5.69 Å². The highest BCUT2D eigenvalue weighted by Gasteiger charge is 2.38. The minimum absolute atomic E-state index is 0.0627. The normalized spacial score (nSPS) is 16.6. The second-order valence-electron chi connectivity index (χ2n) is 5.41. The van der Waals surface area contributed by atoms with Crippen LogP contribution in [0.3, 0.4) is 0 Å². The first-order chi connectivity index (χ1) is 10.9. The van der Waals surface area contributed by atoms with Crippen molar-refractivity contribution >= 4 is 11.6 Å². The van der Waals surface area contributed by atoms with Crippen molar-refractivity contribution in [2.75, 3.05) is 4.90 Å². The Balaban J connectivity index is 1.92. The summed E-state index contributed by atoms with van der Waals surface area (Å²) in [5.41, 5.74) is 3.92. The van der Waals surface area contributed by atoms with Crippen LogP contribution in [-0.2, 0) is 0 Å². The van der Waals surface area contributed by atoms with Crippen molar-refractivity contribution < 1.29 is 4.79 Å². The SMILES string of the molecule is O=C1c2ccccc2[C@@H](c2ccccc2)N1c1ccccc1. The molecular formula is C20H15NO. The highest BCUT2D eigenvalue weighted by atomic mass is 16.2. The molecule has 3 aromatic rings. The Morgan fingerprint density at radius 3 is 2.00 bits per heavy atom. The quantitative estimate of drug-likeness (QED) is 0.682. The van der Waals surface area contributed by atoms with Gasteiger partial charge >= 0.3 is 0 Å². The fraction of sp³-hybridized carbons (Fsp3) is 0.0500. The van der Waals surface area contributed by atoms with E-state index in [-0.39, 0.29) is 11.9 Å². The number of hydrogen-bond donors (Lipinski definition) is 0. The molecule has 0 bridgehead atoms. The molecule has 4 rings (SSSR count). The van der Waals surface area contributed by atoms with E-state index < -0.39 is 0 Å². The number of nitrogens with zero attached hydrogens (tertiary/aromatic N) is 1. The Morgan fingerprint density at radius 2 is 1.27 bits per heavy atom. The summed E-state index contributed by atoms with van der Waals surface area (Å²) in [6, 6.07) is 27.9. The van der Waals surface area contributed by atoms with Crippen LogP contribution in [0.5, 0.6) is 0 Å². The van der Waals surface area contributed by atoms with Crippen LogP contribution >= 0.6 is 0 Å². The number of anilines is 1. The van der Waals surface area contributed by atoms with E-state index in [0.717, 1.165) is 22.4 Å². The Morgan fingerprint density at radius 1 is 0.682 bits per heavy atom. The number of carbonyl (C=O) groups is 1.